The summed E-state index contributed by atoms with van der Waals surface area (Å²) >= 11 is 11.9. The number of anilines is 1. The molecule has 23 heavy (non-hydrogen) atoms. The molecular weight excluding hydrogens is 331 g/mol. The van der Waals surface area contributed by atoms with Crippen molar-refractivity contribution in [1.29, 1.82) is 0 Å². The van der Waals surface area contributed by atoms with Gasteiger partial charge in [-0.1, -0.05) is 41.4 Å². The highest BCUT2D eigenvalue weighted by Gasteiger charge is 2.17. The van der Waals surface area contributed by atoms with Crippen LogP contribution < -0.4 is 10.2 Å². The summed E-state index contributed by atoms with van der Waals surface area (Å²) in [6.45, 7) is 2.61. The fraction of sp³-hybridized carbons (Fsp3) is 0.278. The van der Waals surface area contributed by atoms with Crippen molar-refractivity contribution in [2.45, 2.75) is 12.8 Å². The largest absolute Gasteiger partial charge is 0.371 e. The lowest BCUT2D eigenvalue weighted by atomic mass is 10.2. The molecule has 3 nitrogen and oxygen atoms in total. The Morgan fingerprint density at radius 3 is 2.83 bits per heavy atom. The Balaban J connectivity index is 1.48. The molecule has 0 unspecified atom stereocenters. The highest BCUT2D eigenvalue weighted by atomic mass is 35.5. The normalized spacial score (nSPS) is 13.0. The smallest absolute Gasteiger partial charge is 0.252 e. The maximum absolute atomic E-state index is 12.1. The number of fused-ring (bicyclic) bond motifs is 1. The minimum Gasteiger partial charge on any atom is -0.371 e. The Kier molecular flexibility index (Phi) is 5.09. The summed E-state index contributed by atoms with van der Waals surface area (Å²) in [5.41, 5.74) is 3.19. The van der Waals surface area contributed by atoms with Gasteiger partial charge in [-0.15, -0.1) is 0 Å². The molecule has 0 fully saturated rings. The van der Waals surface area contributed by atoms with Gasteiger partial charge in [0.25, 0.3) is 5.91 Å². The molecule has 0 atom stereocenters. The van der Waals surface area contributed by atoms with Crippen molar-refractivity contribution >= 4 is 34.8 Å². The fourth-order valence-electron chi connectivity index (χ4n) is 2.88. The average Bonchev–Trinajstić information content (AvgIpc) is 2.94. The number of hydrogen-bond donors (Lipinski definition) is 1. The summed E-state index contributed by atoms with van der Waals surface area (Å²) in [6, 6.07) is 13.4. The molecule has 0 bridgehead atoms. The van der Waals surface area contributed by atoms with Gasteiger partial charge in [-0.2, -0.15) is 0 Å². The van der Waals surface area contributed by atoms with E-state index in [1.807, 2.05) is 0 Å². The molecule has 3 rings (SSSR count). The first kappa shape index (κ1) is 16.2. The van der Waals surface area contributed by atoms with Crippen molar-refractivity contribution in [1.82, 2.24) is 5.32 Å². The number of para-hydroxylation sites is 1. The molecule has 0 spiro atoms. The highest BCUT2D eigenvalue weighted by Crippen LogP contribution is 2.27. The van der Waals surface area contributed by atoms with Crippen LogP contribution in [0.3, 0.4) is 0 Å². The van der Waals surface area contributed by atoms with Gasteiger partial charge in [-0.3, -0.25) is 4.79 Å². The lowest BCUT2D eigenvalue weighted by molar-refractivity contribution is 0.0953. The average molecular weight is 349 g/mol. The number of amides is 1. The Hall–Kier alpha value is -1.71. The van der Waals surface area contributed by atoms with Gasteiger partial charge in [0.15, 0.2) is 0 Å². The Labute approximate surface area is 146 Å². The van der Waals surface area contributed by atoms with Crippen molar-refractivity contribution in [2.75, 3.05) is 24.5 Å². The molecule has 1 aliphatic rings. The van der Waals surface area contributed by atoms with E-state index in [9.17, 15) is 4.79 Å². The number of carbonyl (C=O) groups excluding carboxylic acids is 1. The quantitative estimate of drug-likeness (QED) is 0.822. The van der Waals surface area contributed by atoms with Gasteiger partial charge in [0.1, 0.15) is 0 Å². The van der Waals surface area contributed by atoms with E-state index in [0.717, 1.165) is 25.9 Å². The third kappa shape index (κ3) is 3.80. The van der Waals surface area contributed by atoms with E-state index >= 15 is 0 Å². The van der Waals surface area contributed by atoms with Crippen LogP contribution in [0, 0.1) is 0 Å². The second-order valence-corrected chi connectivity index (χ2v) is 6.44. The number of halogens is 2. The highest BCUT2D eigenvalue weighted by molar-refractivity contribution is 6.36. The zero-order valence-corrected chi connectivity index (χ0v) is 14.2. The first-order chi connectivity index (χ1) is 11.1. The van der Waals surface area contributed by atoms with E-state index < -0.39 is 0 Å². The van der Waals surface area contributed by atoms with Crippen LogP contribution >= 0.6 is 23.2 Å². The van der Waals surface area contributed by atoms with Gasteiger partial charge in [-0.25, -0.2) is 0 Å². The van der Waals surface area contributed by atoms with Crippen LogP contribution in [-0.2, 0) is 6.42 Å². The van der Waals surface area contributed by atoms with Crippen LogP contribution in [-0.4, -0.2) is 25.5 Å². The predicted molar refractivity (Wildman–Crippen MR) is 95.8 cm³/mol. The molecule has 2 aromatic carbocycles. The molecule has 1 aliphatic heterocycles. The summed E-state index contributed by atoms with van der Waals surface area (Å²) in [4.78, 5) is 14.5. The van der Waals surface area contributed by atoms with Gasteiger partial charge in [0.2, 0.25) is 0 Å². The van der Waals surface area contributed by atoms with Crippen LogP contribution in [0.4, 0.5) is 5.69 Å². The van der Waals surface area contributed by atoms with Crippen LogP contribution in [0.15, 0.2) is 42.5 Å². The van der Waals surface area contributed by atoms with Crippen molar-refractivity contribution in [2.24, 2.45) is 0 Å². The minimum absolute atomic E-state index is 0.159. The van der Waals surface area contributed by atoms with E-state index in [2.05, 4.69) is 34.5 Å². The van der Waals surface area contributed by atoms with Gasteiger partial charge in [0, 0.05) is 30.3 Å². The SMILES string of the molecule is O=C(NCCCN1CCc2ccccc21)c1ccc(Cl)cc1Cl. The van der Waals surface area contributed by atoms with Crippen molar-refractivity contribution in [3.63, 3.8) is 0 Å². The second kappa shape index (κ2) is 7.24. The van der Waals surface area contributed by atoms with Crippen LogP contribution in [0.2, 0.25) is 10.0 Å². The molecule has 1 N–H and O–H groups in total. The van der Waals surface area contributed by atoms with Crippen LogP contribution in [0.25, 0.3) is 0 Å². The third-order valence-electron chi connectivity index (χ3n) is 4.05. The predicted octanol–water partition coefficient (Wildman–Crippen LogP) is 4.18. The summed E-state index contributed by atoms with van der Waals surface area (Å²) in [5.74, 6) is -0.159. The second-order valence-electron chi connectivity index (χ2n) is 5.60. The Morgan fingerprint density at radius 1 is 1.17 bits per heavy atom. The lowest BCUT2D eigenvalue weighted by Crippen LogP contribution is -2.29. The van der Waals surface area contributed by atoms with E-state index in [4.69, 9.17) is 23.2 Å². The topological polar surface area (TPSA) is 32.3 Å². The number of rotatable bonds is 5. The fourth-order valence-corrected chi connectivity index (χ4v) is 3.37. The molecule has 5 heteroatoms. The maximum atomic E-state index is 12.1. The molecule has 0 saturated carbocycles. The number of carbonyl (C=O) groups is 1. The van der Waals surface area contributed by atoms with Gasteiger partial charge in [0.05, 0.1) is 10.6 Å². The summed E-state index contributed by atoms with van der Waals surface area (Å²) < 4.78 is 0. The minimum atomic E-state index is -0.159. The number of nitrogens with zero attached hydrogens (tertiary/aromatic N) is 1. The molecular formula is C18H18Cl2N2O. The summed E-state index contributed by atoms with van der Waals surface area (Å²) in [6.07, 6.45) is 1.99. The van der Waals surface area contributed by atoms with Crippen molar-refractivity contribution in [3.05, 3.63) is 63.6 Å². The molecule has 120 valence electrons. The van der Waals surface area contributed by atoms with E-state index in [1.165, 1.54) is 11.3 Å². The molecule has 1 heterocycles. The van der Waals surface area contributed by atoms with Gasteiger partial charge in [-0.05, 0) is 42.7 Å². The molecule has 0 saturated heterocycles. The summed E-state index contributed by atoms with van der Waals surface area (Å²) in [7, 11) is 0. The molecule has 0 aromatic heterocycles. The van der Waals surface area contributed by atoms with Crippen LogP contribution in [0.5, 0.6) is 0 Å². The maximum Gasteiger partial charge on any atom is 0.252 e. The monoisotopic (exact) mass is 348 g/mol. The lowest BCUT2D eigenvalue weighted by Gasteiger charge is -2.19. The standard InChI is InChI=1S/C18H18Cl2N2O/c19-14-6-7-15(16(20)12-14)18(23)21-9-3-10-22-11-8-13-4-1-2-5-17(13)22/h1-2,4-7,12H,3,8-11H2,(H,21,23). The summed E-state index contributed by atoms with van der Waals surface area (Å²) in [5, 5.41) is 3.82. The number of benzene rings is 2. The number of nitrogens with one attached hydrogen (secondary N) is 1. The van der Waals surface area contributed by atoms with E-state index in [1.54, 1.807) is 18.2 Å². The molecule has 2 aromatic rings. The van der Waals surface area contributed by atoms with Crippen LogP contribution in [0.1, 0.15) is 22.3 Å². The third-order valence-corrected chi connectivity index (χ3v) is 4.60. The first-order valence-corrected chi connectivity index (χ1v) is 8.47. The number of hydrogen-bond acceptors (Lipinski definition) is 2. The van der Waals surface area contributed by atoms with Gasteiger partial charge >= 0.3 is 0 Å². The van der Waals surface area contributed by atoms with Crippen molar-refractivity contribution in [3.8, 4) is 0 Å². The zero-order valence-electron chi connectivity index (χ0n) is 12.7. The van der Waals surface area contributed by atoms with E-state index in [-0.39, 0.29) is 5.91 Å². The molecule has 0 radical (unpaired) electrons. The molecule has 1 amide bonds. The molecule has 0 aliphatic carbocycles. The zero-order chi connectivity index (χ0) is 16.2. The first-order valence-electron chi connectivity index (χ1n) is 7.71. The van der Waals surface area contributed by atoms with Crippen molar-refractivity contribution < 1.29 is 4.79 Å². The van der Waals surface area contributed by atoms with E-state index in [0.29, 0.717) is 22.2 Å². The Morgan fingerprint density at radius 2 is 2.00 bits per heavy atom. The van der Waals surface area contributed by atoms with Gasteiger partial charge < -0.3 is 10.2 Å². The Bertz CT molecular complexity index is 718.